The Morgan fingerprint density at radius 2 is 2.00 bits per heavy atom. The number of carbonyl (C=O) groups excluding carboxylic acids is 1. The molecule has 0 amide bonds. The second-order valence-corrected chi connectivity index (χ2v) is 8.23. The van der Waals surface area contributed by atoms with Crippen LogP contribution in [0.1, 0.15) is 45.7 Å². The van der Waals surface area contributed by atoms with Crippen molar-refractivity contribution in [3.8, 4) is 5.00 Å². The van der Waals surface area contributed by atoms with Gasteiger partial charge in [0.1, 0.15) is 16.9 Å². The van der Waals surface area contributed by atoms with E-state index in [1.807, 2.05) is 30.5 Å². The number of carbonyl (C=O) groups is 1. The summed E-state index contributed by atoms with van der Waals surface area (Å²) in [7, 11) is 1.35. The monoisotopic (exact) mass is 430 g/mol. The molecule has 4 rings (SSSR count). The maximum atomic E-state index is 12.1. The van der Waals surface area contributed by atoms with Crippen LogP contribution in [0.15, 0.2) is 29.3 Å². The first-order valence-corrected chi connectivity index (χ1v) is 10.2. The first-order chi connectivity index (χ1) is 13.9. The van der Waals surface area contributed by atoms with E-state index in [1.165, 1.54) is 18.4 Å². The molecule has 7 nitrogen and oxygen atoms in total. The molecule has 0 spiro atoms. The molecule has 0 bridgehead atoms. The van der Waals surface area contributed by atoms with Gasteiger partial charge in [-0.15, -0.1) is 21.5 Å². The van der Waals surface area contributed by atoms with Crippen LogP contribution in [0.3, 0.4) is 0 Å². The Hall–Kier alpha value is -2.55. The number of methoxy groups -OCH3 is 1. The van der Waals surface area contributed by atoms with Crippen molar-refractivity contribution in [3.05, 3.63) is 62.5 Å². The van der Waals surface area contributed by atoms with Crippen molar-refractivity contribution >= 4 is 34.6 Å². The Morgan fingerprint density at radius 1 is 1.28 bits per heavy atom. The van der Waals surface area contributed by atoms with Crippen molar-refractivity contribution < 1.29 is 14.6 Å². The van der Waals surface area contributed by atoms with E-state index in [0.29, 0.717) is 16.7 Å². The number of aliphatic imine (C=N–C) groups is 1. The fourth-order valence-electron chi connectivity index (χ4n) is 3.46. The average molecular weight is 431 g/mol. The van der Waals surface area contributed by atoms with E-state index in [-0.39, 0.29) is 19.0 Å². The Morgan fingerprint density at radius 3 is 2.66 bits per heavy atom. The molecular weight excluding hydrogens is 412 g/mol. The fraction of sp³-hybridized carbons (Fsp3) is 0.300. The summed E-state index contributed by atoms with van der Waals surface area (Å²) in [6, 6.07) is 6.86. The second kappa shape index (κ2) is 7.70. The summed E-state index contributed by atoms with van der Waals surface area (Å²) in [4.78, 5) is 17.9. The predicted molar refractivity (Wildman–Crippen MR) is 111 cm³/mol. The number of hydrogen-bond acceptors (Lipinski definition) is 7. The molecule has 2 aromatic heterocycles. The van der Waals surface area contributed by atoms with Crippen molar-refractivity contribution in [2.75, 3.05) is 7.11 Å². The quantitative estimate of drug-likeness (QED) is 0.639. The normalized spacial score (nSPS) is 15.3. The number of aromatic nitrogens is 3. The van der Waals surface area contributed by atoms with Gasteiger partial charge in [0, 0.05) is 21.0 Å². The maximum Gasteiger partial charge on any atom is 0.308 e. The van der Waals surface area contributed by atoms with Crippen molar-refractivity contribution in [1.82, 2.24) is 14.8 Å². The lowest BCUT2D eigenvalue weighted by Crippen LogP contribution is -2.12. The summed E-state index contributed by atoms with van der Waals surface area (Å²) in [6.07, 6.45) is 0.0482. The molecule has 9 heteroatoms. The number of fused-ring (bicyclic) bond motifs is 3. The second-order valence-electron chi connectivity index (χ2n) is 6.71. The van der Waals surface area contributed by atoms with Crippen LogP contribution in [0.4, 0.5) is 0 Å². The van der Waals surface area contributed by atoms with Crippen LogP contribution in [-0.2, 0) is 16.1 Å². The molecule has 0 unspecified atom stereocenters. The Kier molecular flexibility index (Phi) is 5.24. The van der Waals surface area contributed by atoms with Crippen molar-refractivity contribution in [2.45, 2.75) is 32.9 Å². The number of esters is 1. The van der Waals surface area contributed by atoms with Crippen LogP contribution in [0, 0.1) is 13.8 Å². The van der Waals surface area contributed by atoms with Gasteiger partial charge in [0.05, 0.1) is 25.8 Å². The number of aliphatic hydroxyl groups is 1. The zero-order chi connectivity index (χ0) is 20.7. The molecule has 0 fully saturated rings. The predicted octanol–water partition coefficient (Wildman–Crippen LogP) is 3.55. The van der Waals surface area contributed by atoms with E-state index < -0.39 is 6.04 Å². The molecule has 0 saturated heterocycles. The van der Waals surface area contributed by atoms with Crippen molar-refractivity contribution in [3.63, 3.8) is 0 Å². The molecule has 1 aliphatic rings. The van der Waals surface area contributed by atoms with Gasteiger partial charge in [-0.05, 0) is 31.5 Å². The maximum absolute atomic E-state index is 12.1. The minimum Gasteiger partial charge on any atom is -0.469 e. The van der Waals surface area contributed by atoms with Crippen LogP contribution >= 0.6 is 22.9 Å². The summed E-state index contributed by atoms with van der Waals surface area (Å²) in [6.45, 7) is 3.75. The number of aliphatic hydroxyl groups excluding tert-OH is 1. The zero-order valence-corrected chi connectivity index (χ0v) is 17.7. The molecule has 1 N–H and O–H groups in total. The molecule has 3 aromatic rings. The van der Waals surface area contributed by atoms with Gasteiger partial charge in [0.2, 0.25) is 0 Å². The molecule has 0 aliphatic carbocycles. The summed E-state index contributed by atoms with van der Waals surface area (Å²) in [5.41, 5.74) is 3.44. The fourth-order valence-corrected chi connectivity index (χ4v) is 4.81. The van der Waals surface area contributed by atoms with Gasteiger partial charge in [-0.1, -0.05) is 23.7 Å². The van der Waals surface area contributed by atoms with Crippen molar-refractivity contribution in [2.24, 2.45) is 4.99 Å². The first kappa shape index (κ1) is 19.8. The number of aryl methyl sites for hydroxylation is 1. The van der Waals surface area contributed by atoms with Crippen LogP contribution < -0.4 is 0 Å². The molecule has 1 atom stereocenters. The number of hydrogen-bond donors (Lipinski definition) is 1. The third-order valence-corrected chi connectivity index (χ3v) is 6.46. The van der Waals surface area contributed by atoms with Crippen LogP contribution in [0.2, 0.25) is 5.02 Å². The number of nitrogens with zero attached hydrogens (tertiary/aromatic N) is 4. The topological polar surface area (TPSA) is 89.6 Å². The van der Waals surface area contributed by atoms with Gasteiger partial charge in [-0.3, -0.25) is 14.4 Å². The number of rotatable bonds is 4. The lowest BCUT2D eigenvalue weighted by atomic mass is 9.99. The third kappa shape index (κ3) is 3.37. The minimum atomic E-state index is -0.550. The summed E-state index contributed by atoms with van der Waals surface area (Å²) >= 11 is 7.55. The van der Waals surface area contributed by atoms with E-state index in [1.54, 1.807) is 12.1 Å². The Bertz CT molecular complexity index is 1120. The van der Waals surface area contributed by atoms with Crippen molar-refractivity contribution in [1.29, 1.82) is 0 Å². The summed E-state index contributed by atoms with van der Waals surface area (Å²) < 4.78 is 6.80. The summed E-state index contributed by atoms with van der Waals surface area (Å²) in [5.74, 6) is 0.887. The standard InChI is InChI=1S/C20H19ClN4O3S/c1-10-15(9-26)29-20-17(10)18(12-4-6-13(21)7-5-12)22-14(8-16(27)28-3)19-24-23-11(2)25(19)20/h4-7,14,26H,8-9H2,1-3H3/t14-/m0/s1. The van der Waals surface area contributed by atoms with Crippen LogP contribution in [-0.4, -0.2) is 38.7 Å². The highest BCUT2D eigenvalue weighted by molar-refractivity contribution is 7.15. The molecule has 3 heterocycles. The molecule has 150 valence electrons. The zero-order valence-electron chi connectivity index (χ0n) is 16.1. The van der Waals surface area contributed by atoms with Gasteiger partial charge in [0.25, 0.3) is 0 Å². The molecule has 0 radical (unpaired) electrons. The molecule has 1 aliphatic heterocycles. The minimum absolute atomic E-state index is 0.0482. The SMILES string of the molecule is COC(=O)C[C@@H]1N=C(c2ccc(Cl)cc2)c2c(sc(CO)c2C)-n2c(C)nnc21. The Labute approximate surface area is 176 Å². The van der Waals surface area contributed by atoms with E-state index in [9.17, 15) is 9.90 Å². The molecule has 0 saturated carbocycles. The highest BCUT2D eigenvalue weighted by atomic mass is 35.5. The van der Waals surface area contributed by atoms with E-state index in [4.69, 9.17) is 21.3 Å². The van der Waals surface area contributed by atoms with Gasteiger partial charge < -0.3 is 9.84 Å². The highest BCUT2D eigenvalue weighted by Gasteiger charge is 2.32. The number of ether oxygens (including phenoxy) is 1. The first-order valence-electron chi connectivity index (χ1n) is 9.01. The molecule has 29 heavy (non-hydrogen) atoms. The molecular formula is C20H19ClN4O3S. The summed E-state index contributed by atoms with van der Waals surface area (Å²) in [5, 5.41) is 19.9. The lowest BCUT2D eigenvalue weighted by Gasteiger charge is -2.11. The number of benzene rings is 1. The third-order valence-electron chi connectivity index (χ3n) is 4.95. The molecule has 1 aromatic carbocycles. The smallest absolute Gasteiger partial charge is 0.308 e. The average Bonchev–Trinajstić information content (AvgIpc) is 3.21. The van der Waals surface area contributed by atoms with Gasteiger partial charge >= 0.3 is 5.97 Å². The number of halogens is 1. The highest BCUT2D eigenvalue weighted by Crippen LogP contribution is 2.40. The Balaban J connectivity index is 2.01. The van der Waals surface area contributed by atoms with Gasteiger partial charge in [-0.2, -0.15) is 0 Å². The van der Waals surface area contributed by atoms with Crippen LogP contribution in [0.5, 0.6) is 0 Å². The van der Waals surface area contributed by atoms with Gasteiger partial charge in [-0.25, -0.2) is 0 Å². The van der Waals surface area contributed by atoms with E-state index in [2.05, 4.69) is 10.2 Å². The van der Waals surface area contributed by atoms with Crippen LogP contribution in [0.25, 0.3) is 5.00 Å². The number of thiophene rings is 1. The van der Waals surface area contributed by atoms with E-state index >= 15 is 0 Å². The van der Waals surface area contributed by atoms with E-state index in [0.717, 1.165) is 32.3 Å². The van der Waals surface area contributed by atoms with Gasteiger partial charge in [0.15, 0.2) is 5.82 Å². The largest absolute Gasteiger partial charge is 0.469 e. The lowest BCUT2D eigenvalue weighted by molar-refractivity contribution is -0.141.